The van der Waals surface area contributed by atoms with E-state index < -0.39 is 0 Å². The van der Waals surface area contributed by atoms with Crippen molar-refractivity contribution < 1.29 is 14.2 Å². The number of halogens is 1. The van der Waals surface area contributed by atoms with Gasteiger partial charge in [-0.25, -0.2) is 0 Å². The van der Waals surface area contributed by atoms with Crippen LogP contribution in [0.2, 0.25) is 5.02 Å². The highest BCUT2D eigenvalue weighted by Gasteiger charge is 2.19. The second kappa shape index (κ2) is 12.0. The van der Waals surface area contributed by atoms with Gasteiger partial charge in [0.15, 0.2) is 5.82 Å². The van der Waals surface area contributed by atoms with E-state index in [0.29, 0.717) is 55.6 Å². The summed E-state index contributed by atoms with van der Waals surface area (Å²) in [6.45, 7) is 6.16. The highest BCUT2D eigenvalue weighted by Crippen LogP contribution is 2.23. The maximum Gasteiger partial charge on any atom is 0.229 e. The van der Waals surface area contributed by atoms with Gasteiger partial charge in [-0.3, -0.25) is 5.43 Å². The van der Waals surface area contributed by atoms with Crippen molar-refractivity contribution in [2.24, 2.45) is 5.10 Å². The molecule has 0 amide bonds. The zero-order valence-corrected chi connectivity index (χ0v) is 20.7. The van der Waals surface area contributed by atoms with Gasteiger partial charge in [-0.15, -0.1) is 0 Å². The van der Waals surface area contributed by atoms with E-state index in [0.717, 1.165) is 43.1 Å². The molecular weight excluding hydrogens is 480 g/mol. The van der Waals surface area contributed by atoms with Crippen LogP contribution < -0.4 is 20.0 Å². The summed E-state index contributed by atoms with van der Waals surface area (Å²) in [5, 5.41) is 5.14. The van der Waals surface area contributed by atoms with E-state index in [1.54, 1.807) is 6.21 Å². The molecule has 3 aromatic rings. The molecule has 10 heteroatoms. The van der Waals surface area contributed by atoms with Crippen LogP contribution in [-0.2, 0) is 16.1 Å². The van der Waals surface area contributed by atoms with E-state index in [9.17, 15) is 0 Å². The van der Waals surface area contributed by atoms with Crippen LogP contribution in [0, 0.1) is 0 Å². The minimum atomic E-state index is 0.371. The number of morpholine rings is 2. The summed E-state index contributed by atoms with van der Waals surface area (Å²) >= 11 is 6.27. The predicted octanol–water partition coefficient (Wildman–Crippen LogP) is 3.83. The number of benzene rings is 2. The van der Waals surface area contributed by atoms with Crippen molar-refractivity contribution in [2.45, 2.75) is 6.61 Å². The lowest BCUT2D eigenvalue weighted by atomic mass is 10.2. The van der Waals surface area contributed by atoms with Gasteiger partial charge in [0.2, 0.25) is 5.95 Å². The molecule has 0 unspecified atom stereocenters. The monoisotopic (exact) mass is 508 g/mol. The van der Waals surface area contributed by atoms with Gasteiger partial charge in [0.1, 0.15) is 18.2 Å². The molecule has 2 aromatic carbocycles. The number of nitrogens with one attached hydrogen (secondary N) is 1. The van der Waals surface area contributed by atoms with Crippen LogP contribution in [0.25, 0.3) is 0 Å². The van der Waals surface area contributed by atoms with Gasteiger partial charge < -0.3 is 24.0 Å². The molecule has 188 valence electrons. The minimum absolute atomic E-state index is 0.371. The number of para-hydroxylation sites is 1. The Kier molecular flexibility index (Phi) is 8.12. The van der Waals surface area contributed by atoms with Crippen LogP contribution in [0.5, 0.6) is 5.75 Å². The number of anilines is 3. The quantitative estimate of drug-likeness (QED) is 0.363. The van der Waals surface area contributed by atoms with Crippen molar-refractivity contribution in [3.05, 3.63) is 70.7 Å². The fourth-order valence-electron chi connectivity index (χ4n) is 4.00. The summed E-state index contributed by atoms with van der Waals surface area (Å²) in [5.41, 5.74) is 4.86. The normalized spacial score (nSPS) is 16.4. The Morgan fingerprint density at radius 1 is 0.917 bits per heavy atom. The third-order valence-electron chi connectivity index (χ3n) is 5.97. The predicted molar refractivity (Wildman–Crippen MR) is 142 cm³/mol. The van der Waals surface area contributed by atoms with E-state index in [2.05, 4.69) is 20.3 Å². The molecule has 2 saturated heterocycles. The van der Waals surface area contributed by atoms with E-state index >= 15 is 0 Å². The molecule has 2 aliphatic heterocycles. The average Bonchev–Trinajstić information content (AvgIpc) is 2.94. The summed E-state index contributed by atoms with van der Waals surface area (Å²) in [4.78, 5) is 13.9. The third kappa shape index (κ3) is 6.23. The average molecular weight is 509 g/mol. The van der Waals surface area contributed by atoms with Gasteiger partial charge in [-0.1, -0.05) is 41.9 Å². The maximum absolute atomic E-state index is 6.27. The smallest absolute Gasteiger partial charge is 0.229 e. The summed E-state index contributed by atoms with van der Waals surface area (Å²) in [6, 6.07) is 17.3. The highest BCUT2D eigenvalue weighted by molar-refractivity contribution is 6.31. The first kappa shape index (κ1) is 24.3. The molecule has 36 heavy (non-hydrogen) atoms. The van der Waals surface area contributed by atoms with Crippen molar-refractivity contribution in [2.75, 3.05) is 67.8 Å². The first-order valence-corrected chi connectivity index (χ1v) is 12.4. The summed E-state index contributed by atoms with van der Waals surface area (Å²) in [5.74, 6) is 2.87. The molecule has 0 saturated carbocycles. The zero-order valence-electron chi connectivity index (χ0n) is 20.0. The number of hydrogen-bond acceptors (Lipinski definition) is 9. The SMILES string of the molecule is Clc1ccccc1COc1ccccc1C=NNc1cc(N2CCOCC2)nc(N2CCOCC2)n1. The number of hydrazone groups is 1. The fourth-order valence-corrected chi connectivity index (χ4v) is 4.19. The number of rotatable bonds is 8. The topological polar surface area (TPSA) is 84.3 Å². The Morgan fingerprint density at radius 3 is 2.39 bits per heavy atom. The lowest BCUT2D eigenvalue weighted by Crippen LogP contribution is -2.39. The van der Waals surface area contributed by atoms with Gasteiger partial charge in [-0.2, -0.15) is 15.1 Å². The summed E-state index contributed by atoms with van der Waals surface area (Å²) < 4.78 is 17.0. The second-order valence-electron chi connectivity index (χ2n) is 8.40. The van der Waals surface area contributed by atoms with Gasteiger partial charge in [0.25, 0.3) is 0 Å². The molecule has 1 aromatic heterocycles. The fraction of sp³-hybridized carbons (Fsp3) is 0.346. The van der Waals surface area contributed by atoms with Crippen molar-refractivity contribution in [1.29, 1.82) is 0 Å². The van der Waals surface area contributed by atoms with Crippen molar-refractivity contribution >= 4 is 35.4 Å². The number of nitrogens with zero attached hydrogens (tertiary/aromatic N) is 5. The molecule has 5 rings (SSSR count). The van der Waals surface area contributed by atoms with Crippen molar-refractivity contribution in [3.63, 3.8) is 0 Å². The number of aromatic nitrogens is 2. The van der Waals surface area contributed by atoms with Crippen LogP contribution in [0.4, 0.5) is 17.6 Å². The van der Waals surface area contributed by atoms with Crippen molar-refractivity contribution in [3.8, 4) is 5.75 Å². The molecule has 1 N–H and O–H groups in total. The molecule has 0 bridgehead atoms. The van der Waals surface area contributed by atoms with Crippen LogP contribution in [-0.4, -0.2) is 68.8 Å². The Hall–Kier alpha value is -3.40. The standard InChI is InChI=1S/C26H29ClN6O3/c27-22-7-3-1-6-21(22)19-36-23-8-4-2-5-20(23)18-28-31-24-17-25(32-9-13-34-14-10-32)30-26(29-24)33-11-15-35-16-12-33/h1-8,17-18H,9-16,19H2,(H,29,30,31). The number of ether oxygens (including phenoxy) is 3. The molecule has 0 aliphatic carbocycles. The largest absolute Gasteiger partial charge is 0.488 e. The Balaban J connectivity index is 1.32. The first-order valence-electron chi connectivity index (χ1n) is 12.0. The lowest BCUT2D eigenvalue weighted by molar-refractivity contribution is 0.121. The maximum atomic E-state index is 6.27. The highest BCUT2D eigenvalue weighted by atomic mass is 35.5. The van der Waals surface area contributed by atoms with Crippen LogP contribution in [0.3, 0.4) is 0 Å². The van der Waals surface area contributed by atoms with Gasteiger partial charge in [0, 0.05) is 48.4 Å². The molecule has 2 aliphatic rings. The molecule has 2 fully saturated rings. The van der Waals surface area contributed by atoms with Crippen LogP contribution in [0.1, 0.15) is 11.1 Å². The van der Waals surface area contributed by atoms with Gasteiger partial charge >= 0.3 is 0 Å². The number of hydrogen-bond donors (Lipinski definition) is 1. The van der Waals surface area contributed by atoms with Gasteiger partial charge in [0.05, 0.1) is 32.6 Å². The summed E-state index contributed by atoms with van der Waals surface area (Å²) in [7, 11) is 0. The van der Waals surface area contributed by atoms with Crippen molar-refractivity contribution in [1.82, 2.24) is 9.97 Å². The van der Waals surface area contributed by atoms with Crippen LogP contribution >= 0.6 is 11.6 Å². The molecule has 0 radical (unpaired) electrons. The summed E-state index contributed by atoms with van der Waals surface area (Å²) in [6.07, 6.45) is 1.73. The molecule has 9 nitrogen and oxygen atoms in total. The van der Waals surface area contributed by atoms with Gasteiger partial charge in [-0.05, 0) is 18.2 Å². The van der Waals surface area contributed by atoms with E-state index in [1.807, 2.05) is 54.6 Å². The Bertz CT molecular complexity index is 1150. The Morgan fingerprint density at radius 2 is 1.61 bits per heavy atom. The molecular formula is C26H29ClN6O3. The third-order valence-corrected chi connectivity index (χ3v) is 6.34. The van der Waals surface area contributed by atoms with E-state index in [4.69, 9.17) is 35.8 Å². The second-order valence-corrected chi connectivity index (χ2v) is 8.81. The minimum Gasteiger partial charge on any atom is -0.488 e. The molecule has 3 heterocycles. The Labute approximate surface area is 215 Å². The van der Waals surface area contributed by atoms with E-state index in [-0.39, 0.29) is 0 Å². The van der Waals surface area contributed by atoms with Crippen LogP contribution in [0.15, 0.2) is 59.7 Å². The lowest BCUT2D eigenvalue weighted by Gasteiger charge is -2.31. The van der Waals surface area contributed by atoms with E-state index in [1.165, 1.54) is 0 Å². The molecule has 0 spiro atoms. The first-order chi connectivity index (χ1) is 17.8. The molecule has 0 atom stereocenters. The zero-order chi connectivity index (χ0) is 24.6.